The van der Waals surface area contributed by atoms with Crippen LogP contribution in [0, 0.1) is 11.2 Å². The molecule has 1 rings (SSSR count). The first-order chi connectivity index (χ1) is 9.53. The Kier molecular flexibility index (Phi) is 5.42. The Balaban J connectivity index is 3.05. The summed E-state index contributed by atoms with van der Waals surface area (Å²) in [5.74, 6) is -2.29. The maximum atomic E-state index is 13.2. The molecule has 5 nitrogen and oxygen atoms in total. The van der Waals surface area contributed by atoms with Crippen LogP contribution in [0.15, 0.2) is 48.4 Å². The molecule has 0 spiro atoms. The van der Waals surface area contributed by atoms with Gasteiger partial charge in [0, 0.05) is 12.3 Å². The molecule has 6 heteroatoms. The molecular weight excluding hydrogens is 263 g/mol. The summed E-state index contributed by atoms with van der Waals surface area (Å²) in [6, 6.07) is 5.78. The fraction of sp³-hybridized carbons (Fsp3) is 0.214. The number of halogens is 1. The maximum Gasteiger partial charge on any atom is 0.505 e. The Morgan fingerprint density at radius 2 is 2.35 bits per heavy atom. The van der Waals surface area contributed by atoms with Gasteiger partial charge in [-0.1, -0.05) is 18.2 Å². The number of esters is 1. The standard InChI is InChI=1S/C14H13FN2O3/c1-3-9(10-5-4-6-11(15)7-10)8-12(18)13(17-16)14(19)20-2/h3-7,9H,1,8H2,2H3/p+1/t9-/m1/s1. The van der Waals surface area contributed by atoms with E-state index in [0.717, 1.165) is 7.11 Å². The lowest BCUT2D eigenvalue weighted by Crippen LogP contribution is -2.07. The molecule has 20 heavy (non-hydrogen) atoms. The molecule has 0 aliphatic carbocycles. The monoisotopic (exact) mass is 277 g/mol. The number of aliphatic hydroxyl groups excluding tert-OH is 1. The molecule has 104 valence electrons. The zero-order chi connectivity index (χ0) is 15.1. The second-order valence-corrected chi connectivity index (χ2v) is 3.99. The molecule has 0 saturated heterocycles. The Labute approximate surface area is 115 Å². The minimum atomic E-state index is -0.966. The first-order valence-electron chi connectivity index (χ1n) is 5.77. The highest BCUT2D eigenvalue weighted by Crippen LogP contribution is 2.26. The minimum Gasteiger partial charge on any atom is -0.505 e. The van der Waals surface area contributed by atoms with E-state index in [1.54, 1.807) is 6.07 Å². The highest BCUT2D eigenvalue weighted by Gasteiger charge is 2.31. The number of hydrogen-bond donors (Lipinski definition) is 1. The van der Waals surface area contributed by atoms with Gasteiger partial charge in [0.15, 0.2) is 10.7 Å². The van der Waals surface area contributed by atoms with Gasteiger partial charge in [-0.15, -0.1) is 6.58 Å². The van der Waals surface area contributed by atoms with Crippen molar-refractivity contribution in [2.45, 2.75) is 12.3 Å². The average Bonchev–Trinajstić information content (AvgIpc) is 2.45. The van der Waals surface area contributed by atoms with Gasteiger partial charge in [0.2, 0.25) is 5.39 Å². The van der Waals surface area contributed by atoms with Crippen molar-refractivity contribution in [2.24, 2.45) is 0 Å². The lowest BCUT2D eigenvalue weighted by molar-refractivity contribution is -0.136. The van der Waals surface area contributed by atoms with E-state index >= 15 is 0 Å². The Bertz CT molecular complexity index is 590. The molecule has 0 bridgehead atoms. The minimum absolute atomic E-state index is 0.0680. The number of allylic oxidation sites excluding steroid dienone is 2. The Hall–Kier alpha value is -2.68. The van der Waals surface area contributed by atoms with Gasteiger partial charge >= 0.3 is 11.7 Å². The molecule has 1 N–H and O–H groups in total. The summed E-state index contributed by atoms with van der Waals surface area (Å²) in [6.45, 7) is 3.60. The summed E-state index contributed by atoms with van der Waals surface area (Å²) >= 11 is 0. The summed E-state index contributed by atoms with van der Waals surface area (Å²) in [5, 5.41) is 18.5. The molecule has 0 aliphatic rings. The van der Waals surface area contributed by atoms with E-state index in [-0.39, 0.29) is 6.42 Å². The van der Waals surface area contributed by atoms with E-state index in [1.165, 1.54) is 24.3 Å². The molecule has 1 aromatic carbocycles. The molecular formula is C14H14FN2O3+. The molecule has 0 aliphatic heterocycles. The number of carbonyl (C=O) groups excluding carboxylic acids is 1. The van der Waals surface area contributed by atoms with Gasteiger partial charge in [-0.25, -0.2) is 9.18 Å². The topological polar surface area (TPSA) is 74.7 Å². The van der Waals surface area contributed by atoms with E-state index in [0.29, 0.717) is 5.56 Å². The quantitative estimate of drug-likeness (QED) is 0.294. The van der Waals surface area contributed by atoms with Crippen LogP contribution in [-0.2, 0) is 9.53 Å². The first kappa shape index (κ1) is 15.4. The lowest BCUT2D eigenvalue weighted by Gasteiger charge is -2.11. The third kappa shape index (κ3) is 3.65. The van der Waals surface area contributed by atoms with Crippen molar-refractivity contribution >= 4 is 5.97 Å². The van der Waals surface area contributed by atoms with Crippen LogP contribution in [0.5, 0.6) is 0 Å². The third-order valence-corrected chi connectivity index (χ3v) is 2.73. The number of aliphatic hydroxyl groups is 1. The highest BCUT2D eigenvalue weighted by atomic mass is 19.1. The molecule has 0 heterocycles. The van der Waals surface area contributed by atoms with Crippen molar-refractivity contribution in [1.82, 2.24) is 0 Å². The summed E-state index contributed by atoms with van der Waals surface area (Å²) in [7, 11) is 1.10. The van der Waals surface area contributed by atoms with Crippen LogP contribution in [0.3, 0.4) is 0 Å². The SMILES string of the molecule is C=C[C@H](C/C(O)=C(\[N+]#N)C(=O)OC)c1cccc(F)c1. The van der Waals surface area contributed by atoms with Crippen molar-refractivity contribution < 1.29 is 19.0 Å². The lowest BCUT2D eigenvalue weighted by atomic mass is 9.94. The van der Waals surface area contributed by atoms with Crippen LogP contribution in [-0.4, -0.2) is 18.2 Å². The van der Waals surface area contributed by atoms with Gasteiger partial charge < -0.3 is 9.84 Å². The van der Waals surface area contributed by atoms with E-state index in [9.17, 15) is 14.3 Å². The van der Waals surface area contributed by atoms with Crippen molar-refractivity contribution in [2.75, 3.05) is 7.11 Å². The highest BCUT2D eigenvalue weighted by molar-refractivity contribution is 5.90. The van der Waals surface area contributed by atoms with E-state index in [2.05, 4.69) is 16.3 Å². The number of nitrogens with zero attached hydrogens (tertiary/aromatic N) is 2. The van der Waals surface area contributed by atoms with Crippen LogP contribution >= 0.6 is 0 Å². The van der Waals surface area contributed by atoms with Crippen LogP contribution < -0.4 is 0 Å². The number of methoxy groups -OCH3 is 1. The zero-order valence-electron chi connectivity index (χ0n) is 10.9. The van der Waals surface area contributed by atoms with Gasteiger partial charge in [0.05, 0.1) is 7.11 Å². The summed E-state index contributed by atoms with van der Waals surface area (Å²) in [5.41, 5.74) is -0.00976. The van der Waals surface area contributed by atoms with Gasteiger partial charge in [0.25, 0.3) is 0 Å². The van der Waals surface area contributed by atoms with Crippen molar-refractivity contribution in [3.05, 3.63) is 64.7 Å². The number of ether oxygens (including phenoxy) is 1. The molecule has 0 saturated carbocycles. The van der Waals surface area contributed by atoms with Gasteiger partial charge in [-0.05, 0) is 17.7 Å². The Morgan fingerprint density at radius 1 is 1.65 bits per heavy atom. The fourth-order valence-electron chi connectivity index (χ4n) is 1.69. The van der Waals surface area contributed by atoms with Crippen molar-refractivity contribution in [3.63, 3.8) is 0 Å². The molecule has 1 aromatic rings. The molecule has 0 fully saturated rings. The van der Waals surface area contributed by atoms with E-state index in [1.807, 2.05) is 0 Å². The second kappa shape index (κ2) is 7.04. The summed E-state index contributed by atoms with van der Waals surface area (Å²) < 4.78 is 17.5. The van der Waals surface area contributed by atoms with Crippen LogP contribution in [0.2, 0.25) is 0 Å². The predicted molar refractivity (Wildman–Crippen MR) is 70.7 cm³/mol. The number of diazo groups is 1. The summed E-state index contributed by atoms with van der Waals surface area (Å²) in [6.07, 6.45) is 1.43. The van der Waals surface area contributed by atoms with E-state index in [4.69, 9.17) is 5.39 Å². The number of rotatable bonds is 5. The molecule has 0 unspecified atom stereocenters. The maximum absolute atomic E-state index is 13.2. The molecule has 0 aromatic heterocycles. The molecule has 1 atom stereocenters. The Morgan fingerprint density at radius 3 is 2.85 bits per heavy atom. The third-order valence-electron chi connectivity index (χ3n) is 2.73. The summed E-state index contributed by atoms with van der Waals surface area (Å²) in [4.78, 5) is 14.0. The van der Waals surface area contributed by atoms with Gasteiger partial charge in [-0.2, -0.15) is 0 Å². The van der Waals surface area contributed by atoms with Crippen molar-refractivity contribution in [1.29, 1.82) is 5.39 Å². The van der Waals surface area contributed by atoms with Crippen molar-refractivity contribution in [3.8, 4) is 0 Å². The zero-order valence-corrected chi connectivity index (χ0v) is 10.9. The van der Waals surface area contributed by atoms with Crippen LogP contribution in [0.4, 0.5) is 4.39 Å². The molecule has 0 radical (unpaired) electrons. The van der Waals surface area contributed by atoms with E-state index < -0.39 is 29.2 Å². The number of hydrogen-bond acceptors (Lipinski definition) is 4. The molecule has 0 amide bonds. The fourth-order valence-corrected chi connectivity index (χ4v) is 1.69. The van der Waals surface area contributed by atoms with Crippen LogP contribution in [0.1, 0.15) is 17.9 Å². The van der Waals surface area contributed by atoms with Gasteiger partial charge in [0.1, 0.15) is 5.82 Å². The smallest absolute Gasteiger partial charge is 0.505 e. The van der Waals surface area contributed by atoms with Crippen LogP contribution in [0.25, 0.3) is 4.98 Å². The predicted octanol–water partition coefficient (Wildman–Crippen LogP) is 3.28. The first-order valence-corrected chi connectivity index (χ1v) is 5.77. The number of carbonyl (C=O) groups is 1. The number of benzene rings is 1. The van der Waals surface area contributed by atoms with Gasteiger partial charge in [-0.3, -0.25) is 0 Å². The second-order valence-electron chi connectivity index (χ2n) is 3.99. The largest absolute Gasteiger partial charge is 0.505 e. The average molecular weight is 277 g/mol. The normalized spacial score (nSPS) is 12.8.